The van der Waals surface area contributed by atoms with E-state index in [-0.39, 0.29) is 0 Å². The fraction of sp³-hybridized carbons (Fsp3) is 1.00. The van der Waals surface area contributed by atoms with E-state index in [4.69, 9.17) is 5.73 Å². The lowest BCUT2D eigenvalue weighted by molar-refractivity contribution is 0.158. The van der Waals surface area contributed by atoms with Crippen LogP contribution in [0.1, 0.15) is 46.5 Å². The van der Waals surface area contributed by atoms with Crippen molar-refractivity contribution < 1.29 is 0 Å². The van der Waals surface area contributed by atoms with E-state index < -0.39 is 0 Å². The second-order valence-corrected chi connectivity index (χ2v) is 3.96. The molecule has 0 saturated heterocycles. The molecule has 0 aromatic carbocycles. The highest BCUT2D eigenvalue weighted by Gasteiger charge is 2.06. The van der Waals surface area contributed by atoms with Gasteiger partial charge in [-0.15, -0.1) is 0 Å². The number of hydrazine groups is 1. The van der Waals surface area contributed by atoms with E-state index in [0.29, 0.717) is 12.6 Å². The van der Waals surface area contributed by atoms with Crippen molar-refractivity contribution in [2.75, 3.05) is 19.6 Å². The molecule has 14 heavy (non-hydrogen) atoms. The van der Waals surface area contributed by atoms with Gasteiger partial charge >= 0.3 is 0 Å². The van der Waals surface area contributed by atoms with Crippen molar-refractivity contribution in [1.82, 2.24) is 10.4 Å². The third-order valence-corrected chi connectivity index (χ3v) is 2.32. The summed E-state index contributed by atoms with van der Waals surface area (Å²) in [6.45, 7) is 9.57. The van der Waals surface area contributed by atoms with Crippen molar-refractivity contribution in [2.24, 2.45) is 5.73 Å². The number of nitrogens with one attached hydrogen (secondary N) is 1. The van der Waals surface area contributed by atoms with Gasteiger partial charge in [-0.3, -0.25) is 5.43 Å². The predicted molar refractivity (Wildman–Crippen MR) is 63.0 cm³/mol. The zero-order valence-electron chi connectivity index (χ0n) is 10.1. The second kappa shape index (κ2) is 9.44. The standard InChI is InChI=1S/C11H27N3/c1-4-6-8-14(9-7-5-2)13-11(3)10-12/h11,13H,4-10,12H2,1-3H3. The van der Waals surface area contributed by atoms with Crippen molar-refractivity contribution in [3.63, 3.8) is 0 Å². The number of rotatable bonds is 9. The molecule has 0 bridgehead atoms. The highest BCUT2D eigenvalue weighted by Crippen LogP contribution is 1.97. The molecule has 0 amide bonds. The monoisotopic (exact) mass is 201 g/mol. The van der Waals surface area contributed by atoms with Crippen LogP contribution in [-0.4, -0.2) is 30.7 Å². The first kappa shape index (κ1) is 13.9. The largest absolute Gasteiger partial charge is 0.329 e. The maximum absolute atomic E-state index is 5.59. The number of hydrogen-bond donors (Lipinski definition) is 2. The number of hydrogen-bond acceptors (Lipinski definition) is 3. The van der Waals surface area contributed by atoms with E-state index in [2.05, 4.69) is 31.2 Å². The molecule has 3 N–H and O–H groups in total. The van der Waals surface area contributed by atoms with Gasteiger partial charge in [-0.05, 0) is 19.8 Å². The van der Waals surface area contributed by atoms with E-state index in [1.807, 2.05) is 0 Å². The van der Waals surface area contributed by atoms with Gasteiger partial charge < -0.3 is 5.73 Å². The highest BCUT2D eigenvalue weighted by atomic mass is 15.5. The Labute approximate surface area is 89.0 Å². The maximum Gasteiger partial charge on any atom is 0.0309 e. The van der Waals surface area contributed by atoms with Gasteiger partial charge in [-0.1, -0.05) is 26.7 Å². The van der Waals surface area contributed by atoms with Crippen LogP contribution < -0.4 is 11.2 Å². The molecule has 1 unspecified atom stereocenters. The topological polar surface area (TPSA) is 41.3 Å². The molecule has 0 aliphatic rings. The Morgan fingerprint density at radius 2 is 1.64 bits per heavy atom. The van der Waals surface area contributed by atoms with Gasteiger partial charge in [-0.2, -0.15) is 0 Å². The first-order valence-electron chi connectivity index (χ1n) is 5.95. The Kier molecular flexibility index (Phi) is 9.35. The Morgan fingerprint density at radius 1 is 1.14 bits per heavy atom. The van der Waals surface area contributed by atoms with Gasteiger partial charge in [-0.25, -0.2) is 5.01 Å². The lowest BCUT2D eigenvalue weighted by atomic mass is 10.3. The minimum Gasteiger partial charge on any atom is -0.329 e. The number of nitrogens with zero attached hydrogens (tertiary/aromatic N) is 1. The normalized spacial score (nSPS) is 13.5. The molecule has 3 heteroatoms. The minimum absolute atomic E-state index is 0.392. The molecule has 86 valence electrons. The van der Waals surface area contributed by atoms with Crippen LogP contribution in [0.3, 0.4) is 0 Å². The van der Waals surface area contributed by atoms with Crippen LogP contribution in [0.4, 0.5) is 0 Å². The molecule has 1 atom stereocenters. The number of nitrogens with two attached hydrogens (primary N) is 1. The summed E-state index contributed by atoms with van der Waals surface area (Å²) < 4.78 is 0. The Balaban J connectivity index is 3.71. The van der Waals surface area contributed by atoms with Crippen LogP contribution in [0.5, 0.6) is 0 Å². The molecule has 0 aromatic heterocycles. The molecule has 0 saturated carbocycles. The molecule has 0 spiro atoms. The molecule has 0 rings (SSSR count). The van der Waals surface area contributed by atoms with Crippen LogP contribution in [0.2, 0.25) is 0 Å². The second-order valence-electron chi connectivity index (χ2n) is 3.96. The van der Waals surface area contributed by atoms with Crippen LogP contribution in [0.25, 0.3) is 0 Å². The van der Waals surface area contributed by atoms with Crippen molar-refractivity contribution in [3.8, 4) is 0 Å². The fourth-order valence-electron chi connectivity index (χ4n) is 1.30. The summed E-state index contributed by atoms with van der Waals surface area (Å²) in [6, 6.07) is 0.392. The van der Waals surface area contributed by atoms with Crippen LogP contribution >= 0.6 is 0 Å². The average molecular weight is 201 g/mol. The summed E-state index contributed by atoms with van der Waals surface area (Å²) in [4.78, 5) is 0. The van der Waals surface area contributed by atoms with Crippen LogP contribution in [-0.2, 0) is 0 Å². The van der Waals surface area contributed by atoms with Gasteiger partial charge in [0.05, 0.1) is 0 Å². The molecule has 0 aliphatic heterocycles. The Hall–Kier alpha value is -0.120. The summed E-state index contributed by atoms with van der Waals surface area (Å²) in [5.41, 5.74) is 9.03. The lowest BCUT2D eigenvalue weighted by Gasteiger charge is -2.26. The van der Waals surface area contributed by atoms with Crippen molar-refractivity contribution in [3.05, 3.63) is 0 Å². The van der Waals surface area contributed by atoms with Crippen LogP contribution in [0.15, 0.2) is 0 Å². The zero-order valence-corrected chi connectivity index (χ0v) is 10.1. The Morgan fingerprint density at radius 3 is 2.00 bits per heavy atom. The maximum atomic E-state index is 5.59. The summed E-state index contributed by atoms with van der Waals surface area (Å²) in [6.07, 6.45) is 5.02. The minimum atomic E-state index is 0.392. The fourth-order valence-corrected chi connectivity index (χ4v) is 1.30. The lowest BCUT2D eigenvalue weighted by Crippen LogP contribution is -2.47. The molecule has 3 nitrogen and oxygen atoms in total. The summed E-state index contributed by atoms with van der Waals surface area (Å²) >= 11 is 0. The molecule has 0 fully saturated rings. The average Bonchev–Trinajstić information content (AvgIpc) is 2.21. The third kappa shape index (κ3) is 7.30. The summed E-state index contributed by atoms with van der Waals surface area (Å²) in [5, 5.41) is 2.32. The van der Waals surface area contributed by atoms with Gasteiger partial charge in [0.25, 0.3) is 0 Å². The van der Waals surface area contributed by atoms with E-state index in [1.54, 1.807) is 0 Å². The van der Waals surface area contributed by atoms with E-state index >= 15 is 0 Å². The van der Waals surface area contributed by atoms with Crippen molar-refractivity contribution in [1.29, 1.82) is 0 Å². The molecular weight excluding hydrogens is 174 g/mol. The molecule has 0 radical (unpaired) electrons. The molecule has 0 aromatic rings. The summed E-state index contributed by atoms with van der Waals surface area (Å²) in [5.74, 6) is 0. The number of unbranched alkanes of at least 4 members (excludes halogenated alkanes) is 2. The first-order chi connectivity index (χ1) is 6.74. The van der Waals surface area contributed by atoms with Gasteiger partial charge in [0.2, 0.25) is 0 Å². The quantitative estimate of drug-likeness (QED) is 0.558. The van der Waals surface area contributed by atoms with Crippen LogP contribution in [0, 0.1) is 0 Å². The van der Waals surface area contributed by atoms with Crippen molar-refractivity contribution in [2.45, 2.75) is 52.5 Å². The molecule has 0 aliphatic carbocycles. The van der Waals surface area contributed by atoms with E-state index in [0.717, 1.165) is 13.1 Å². The summed E-state index contributed by atoms with van der Waals surface area (Å²) in [7, 11) is 0. The predicted octanol–water partition coefficient (Wildman–Crippen LogP) is 1.74. The molecule has 0 heterocycles. The van der Waals surface area contributed by atoms with E-state index in [1.165, 1.54) is 25.7 Å². The SMILES string of the molecule is CCCCN(CCCC)NC(C)CN. The van der Waals surface area contributed by atoms with Gasteiger partial charge in [0, 0.05) is 25.7 Å². The third-order valence-electron chi connectivity index (χ3n) is 2.32. The van der Waals surface area contributed by atoms with Gasteiger partial charge in [0.15, 0.2) is 0 Å². The highest BCUT2D eigenvalue weighted by molar-refractivity contribution is 4.60. The Bertz CT molecular complexity index is 109. The zero-order chi connectivity index (χ0) is 10.8. The molecular formula is C11H27N3. The van der Waals surface area contributed by atoms with Crippen molar-refractivity contribution >= 4 is 0 Å². The smallest absolute Gasteiger partial charge is 0.0309 e. The first-order valence-corrected chi connectivity index (χ1v) is 5.95. The van der Waals surface area contributed by atoms with E-state index in [9.17, 15) is 0 Å². The van der Waals surface area contributed by atoms with Gasteiger partial charge in [0.1, 0.15) is 0 Å².